The molecule has 0 unspecified atom stereocenters. The minimum Gasteiger partial charge on any atom is -0.384 e. The first kappa shape index (κ1) is 21.6. The minimum atomic E-state index is -3.32. The molecule has 0 spiro atoms. The fraction of sp³-hybridized carbons (Fsp3) is 0.400. The van der Waals surface area contributed by atoms with E-state index in [1.54, 1.807) is 19.2 Å². The summed E-state index contributed by atoms with van der Waals surface area (Å²) in [7, 11) is -3.32. The predicted octanol–water partition coefficient (Wildman–Crippen LogP) is 2.87. The number of likely N-dealkylation sites (tertiary alicyclic amines) is 1. The lowest BCUT2D eigenvalue weighted by atomic mass is 9.97. The van der Waals surface area contributed by atoms with Crippen molar-refractivity contribution < 1.29 is 26.4 Å². The van der Waals surface area contributed by atoms with Crippen LogP contribution in [-0.4, -0.2) is 49.5 Å². The van der Waals surface area contributed by atoms with Crippen molar-refractivity contribution in [2.45, 2.75) is 31.9 Å². The summed E-state index contributed by atoms with van der Waals surface area (Å²) in [4.78, 5) is 11.8. The Morgan fingerprint density at radius 3 is 2.58 bits per heavy atom. The molecular formula is C20H21F3N4O3S. The van der Waals surface area contributed by atoms with Crippen LogP contribution in [0.25, 0.3) is 11.1 Å². The fourth-order valence-electron chi connectivity index (χ4n) is 3.93. The Morgan fingerprint density at radius 1 is 1.19 bits per heavy atom. The van der Waals surface area contributed by atoms with E-state index in [1.807, 2.05) is 4.90 Å². The Balaban J connectivity index is 1.57. The van der Waals surface area contributed by atoms with Crippen LogP contribution in [0, 0.1) is 24.4 Å². The molecule has 166 valence electrons. The van der Waals surface area contributed by atoms with Crippen molar-refractivity contribution in [2.24, 2.45) is 5.16 Å². The molecular weight excluding hydrogens is 433 g/mol. The average Bonchev–Trinajstić information content (AvgIpc) is 3.29. The Morgan fingerprint density at radius 2 is 1.90 bits per heavy atom. The van der Waals surface area contributed by atoms with Gasteiger partial charge in [0.15, 0.2) is 6.10 Å². The third-order valence-corrected chi connectivity index (χ3v) is 5.99. The van der Waals surface area contributed by atoms with Crippen LogP contribution in [0.1, 0.15) is 30.2 Å². The van der Waals surface area contributed by atoms with Gasteiger partial charge in [-0.2, -0.15) is 0 Å². The molecule has 1 saturated heterocycles. The number of aryl methyl sites for hydroxylation is 1. The van der Waals surface area contributed by atoms with E-state index in [0.717, 1.165) is 6.26 Å². The topological polar surface area (TPSA) is 83.9 Å². The van der Waals surface area contributed by atoms with Crippen LogP contribution in [-0.2, 0) is 14.9 Å². The zero-order valence-corrected chi connectivity index (χ0v) is 17.7. The second-order valence-electron chi connectivity index (χ2n) is 7.82. The van der Waals surface area contributed by atoms with E-state index in [1.165, 1.54) is 0 Å². The summed E-state index contributed by atoms with van der Waals surface area (Å²) in [5, 5.41) is 4.10. The SMILES string of the molecule is Cc1cnc([C@@H]2CC(N3CC[C@H](NS(C)(=O)=O)C3)=NO2)c(-c2c(F)cc(F)cc2F)c1. The number of halogens is 3. The van der Waals surface area contributed by atoms with Gasteiger partial charge in [-0.15, -0.1) is 0 Å². The van der Waals surface area contributed by atoms with Crippen LogP contribution < -0.4 is 4.72 Å². The molecule has 0 radical (unpaired) electrons. The molecule has 0 aliphatic carbocycles. The quantitative estimate of drug-likeness (QED) is 0.768. The van der Waals surface area contributed by atoms with Crippen molar-refractivity contribution in [1.29, 1.82) is 0 Å². The highest BCUT2D eigenvalue weighted by atomic mass is 32.2. The van der Waals surface area contributed by atoms with Gasteiger partial charge in [-0.25, -0.2) is 26.3 Å². The molecule has 1 fully saturated rings. The predicted molar refractivity (Wildman–Crippen MR) is 108 cm³/mol. The number of pyridine rings is 1. The first-order chi connectivity index (χ1) is 14.6. The number of rotatable bonds is 4. The fourth-order valence-corrected chi connectivity index (χ4v) is 4.73. The maximum Gasteiger partial charge on any atom is 0.209 e. The van der Waals surface area contributed by atoms with Gasteiger partial charge in [0, 0.05) is 43.0 Å². The highest BCUT2D eigenvalue weighted by molar-refractivity contribution is 7.88. The van der Waals surface area contributed by atoms with E-state index in [-0.39, 0.29) is 17.2 Å². The minimum absolute atomic E-state index is 0.175. The zero-order valence-electron chi connectivity index (χ0n) is 16.9. The lowest BCUT2D eigenvalue weighted by Gasteiger charge is -2.18. The van der Waals surface area contributed by atoms with E-state index in [4.69, 9.17) is 4.84 Å². The molecule has 1 N–H and O–H groups in total. The van der Waals surface area contributed by atoms with E-state index in [9.17, 15) is 21.6 Å². The molecule has 31 heavy (non-hydrogen) atoms. The van der Waals surface area contributed by atoms with Gasteiger partial charge in [-0.1, -0.05) is 5.16 Å². The highest BCUT2D eigenvalue weighted by Crippen LogP contribution is 2.37. The molecule has 4 rings (SSSR count). The van der Waals surface area contributed by atoms with Gasteiger partial charge >= 0.3 is 0 Å². The van der Waals surface area contributed by atoms with Crippen molar-refractivity contribution in [3.05, 3.63) is 53.1 Å². The van der Waals surface area contributed by atoms with Crippen LogP contribution in [0.5, 0.6) is 0 Å². The summed E-state index contributed by atoms with van der Waals surface area (Å²) in [6.07, 6.45) is 2.91. The smallest absolute Gasteiger partial charge is 0.209 e. The normalized spacial score (nSPS) is 21.3. The third kappa shape index (κ3) is 4.67. The maximum atomic E-state index is 14.5. The first-order valence-corrected chi connectivity index (χ1v) is 11.6. The Bertz CT molecular complexity index is 1130. The van der Waals surface area contributed by atoms with E-state index < -0.39 is 33.6 Å². The molecule has 2 aliphatic rings. The summed E-state index contributed by atoms with van der Waals surface area (Å²) >= 11 is 0. The van der Waals surface area contributed by atoms with Gasteiger partial charge in [0.2, 0.25) is 10.0 Å². The summed E-state index contributed by atoms with van der Waals surface area (Å²) < 4.78 is 67.8. The lowest BCUT2D eigenvalue weighted by Crippen LogP contribution is -2.37. The molecule has 1 aromatic carbocycles. The Kier molecular flexibility index (Phi) is 5.65. The molecule has 3 heterocycles. The number of sulfonamides is 1. The van der Waals surface area contributed by atoms with Crippen LogP contribution in [0.3, 0.4) is 0 Å². The van der Waals surface area contributed by atoms with E-state index in [2.05, 4.69) is 14.9 Å². The largest absolute Gasteiger partial charge is 0.384 e. The van der Waals surface area contributed by atoms with Crippen LogP contribution >= 0.6 is 0 Å². The summed E-state index contributed by atoms with van der Waals surface area (Å²) in [5.41, 5.74) is 0.770. The van der Waals surface area contributed by atoms with Gasteiger partial charge < -0.3 is 9.74 Å². The van der Waals surface area contributed by atoms with Gasteiger partial charge in [0.05, 0.1) is 23.9 Å². The van der Waals surface area contributed by atoms with Crippen LogP contribution in [0.15, 0.2) is 29.6 Å². The number of nitrogens with one attached hydrogen (secondary N) is 1. The van der Waals surface area contributed by atoms with Crippen molar-refractivity contribution in [3.63, 3.8) is 0 Å². The second kappa shape index (κ2) is 8.12. The Labute approximate surface area is 178 Å². The molecule has 0 amide bonds. The average molecular weight is 454 g/mol. The van der Waals surface area contributed by atoms with Gasteiger partial charge in [-0.05, 0) is 25.0 Å². The molecule has 2 atom stereocenters. The van der Waals surface area contributed by atoms with Crippen LogP contribution in [0.2, 0.25) is 0 Å². The number of nitrogens with zero attached hydrogens (tertiary/aromatic N) is 3. The first-order valence-electron chi connectivity index (χ1n) is 9.67. The number of hydrogen-bond donors (Lipinski definition) is 1. The number of benzene rings is 1. The van der Waals surface area contributed by atoms with E-state index in [0.29, 0.717) is 55.2 Å². The van der Waals surface area contributed by atoms with Gasteiger partial charge in [-0.3, -0.25) is 4.98 Å². The summed E-state index contributed by atoms with van der Waals surface area (Å²) in [6.45, 7) is 2.77. The third-order valence-electron chi connectivity index (χ3n) is 5.22. The Hall–Kier alpha value is -2.66. The number of hydrogen-bond acceptors (Lipinski definition) is 6. The van der Waals surface area contributed by atoms with Crippen molar-refractivity contribution >= 4 is 15.9 Å². The lowest BCUT2D eigenvalue weighted by molar-refractivity contribution is 0.0828. The molecule has 7 nitrogen and oxygen atoms in total. The summed E-state index contributed by atoms with van der Waals surface area (Å²) in [6, 6.07) is 2.60. The molecule has 2 aliphatic heterocycles. The van der Waals surface area contributed by atoms with Gasteiger partial charge in [0.25, 0.3) is 0 Å². The van der Waals surface area contributed by atoms with Crippen molar-refractivity contribution in [3.8, 4) is 11.1 Å². The number of aromatic nitrogens is 1. The van der Waals surface area contributed by atoms with Crippen molar-refractivity contribution in [1.82, 2.24) is 14.6 Å². The van der Waals surface area contributed by atoms with Crippen LogP contribution in [0.4, 0.5) is 13.2 Å². The monoisotopic (exact) mass is 454 g/mol. The number of amidine groups is 1. The number of oxime groups is 1. The zero-order chi connectivity index (χ0) is 22.3. The molecule has 0 saturated carbocycles. The highest BCUT2D eigenvalue weighted by Gasteiger charge is 2.34. The van der Waals surface area contributed by atoms with Gasteiger partial charge in [0.1, 0.15) is 23.3 Å². The maximum absolute atomic E-state index is 14.5. The molecule has 1 aromatic heterocycles. The molecule has 2 aromatic rings. The second-order valence-corrected chi connectivity index (χ2v) is 9.60. The van der Waals surface area contributed by atoms with E-state index >= 15 is 0 Å². The van der Waals surface area contributed by atoms with Crippen molar-refractivity contribution in [2.75, 3.05) is 19.3 Å². The summed E-state index contributed by atoms with van der Waals surface area (Å²) in [5.74, 6) is -2.45. The molecule has 11 heteroatoms. The standard InChI is InChI=1S/C20H21F3N4O3S/c1-11-5-14(19-15(22)6-12(21)7-16(19)23)20(24-9-11)17-8-18(25-30-17)27-4-3-13(10-27)26-31(2,28)29/h5-7,9,13,17,26H,3-4,8,10H2,1-2H3/t13-,17-/m0/s1. The molecule has 0 bridgehead atoms.